The van der Waals surface area contributed by atoms with Crippen LogP contribution in [0.2, 0.25) is 0 Å². The Kier molecular flexibility index (Phi) is 4.46. The maximum atomic E-state index is 12.1. The van der Waals surface area contributed by atoms with Crippen LogP contribution in [0.5, 0.6) is 0 Å². The summed E-state index contributed by atoms with van der Waals surface area (Å²) in [5.74, 6) is -0.00571. The van der Waals surface area contributed by atoms with Gasteiger partial charge in [-0.2, -0.15) is 0 Å². The summed E-state index contributed by atoms with van der Waals surface area (Å²) in [6, 6.07) is 10.5. The molecule has 2 amide bonds. The average Bonchev–Trinajstić information content (AvgIpc) is 2.98. The summed E-state index contributed by atoms with van der Waals surface area (Å²) in [7, 11) is 1.64. The Morgan fingerprint density at radius 2 is 1.88 bits per heavy atom. The Morgan fingerprint density at radius 1 is 1.12 bits per heavy atom. The predicted octanol–water partition coefficient (Wildman–Crippen LogP) is 1.69. The van der Waals surface area contributed by atoms with Crippen LogP contribution < -0.4 is 15.8 Å². The van der Waals surface area contributed by atoms with E-state index in [0.29, 0.717) is 12.1 Å². The summed E-state index contributed by atoms with van der Waals surface area (Å²) in [5, 5.41) is 2.77. The minimum absolute atomic E-state index is 0.125. The molecule has 124 valence electrons. The number of carbonyl (C=O) groups is 2. The van der Waals surface area contributed by atoms with Crippen molar-refractivity contribution >= 4 is 23.2 Å². The zero-order valence-corrected chi connectivity index (χ0v) is 13.5. The molecule has 1 aromatic carbocycles. The lowest BCUT2D eigenvalue weighted by atomic mass is 10.1. The van der Waals surface area contributed by atoms with Gasteiger partial charge in [-0.1, -0.05) is 12.1 Å². The second-order valence-electron chi connectivity index (χ2n) is 5.91. The molecular formula is C18H19N3O3. The Hall–Kier alpha value is -2.89. The molecule has 24 heavy (non-hydrogen) atoms. The minimum Gasteiger partial charge on any atom is -0.324 e. The highest BCUT2D eigenvalue weighted by atomic mass is 16.2. The third-order valence-electron chi connectivity index (χ3n) is 4.06. The highest BCUT2D eigenvalue weighted by Gasteiger charge is 2.21. The molecule has 2 heterocycles. The SMILES string of the molecule is Cn1cc(NC(=O)Cc2ccc(N3CCCC3=O)cc2)ccc1=O. The number of nitrogens with zero attached hydrogens (tertiary/aromatic N) is 2. The van der Waals surface area contributed by atoms with Crippen molar-refractivity contribution in [3.8, 4) is 0 Å². The van der Waals surface area contributed by atoms with Crippen LogP contribution in [0.15, 0.2) is 47.4 Å². The van der Waals surface area contributed by atoms with Gasteiger partial charge in [0.15, 0.2) is 0 Å². The number of benzene rings is 1. The molecule has 1 N–H and O–H groups in total. The molecule has 6 nitrogen and oxygen atoms in total. The molecule has 0 spiro atoms. The van der Waals surface area contributed by atoms with Crippen LogP contribution in [-0.2, 0) is 23.1 Å². The van der Waals surface area contributed by atoms with Crippen LogP contribution >= 0.6 is 0 Å². The topological polar surface area (TPSA) is 71.4 Å². The van der Waals surface area contributed by atoms with E-state index < -0.39 is 0 Å². The predicted molar refractivity (Wildman–Crippen MR) is 92.0 cm³/mol. The zero-order valence-electron chi connectivity index (χ0n) is 13.5. The summed E-state index contributed by atoms with van der Waals surface area (Å²) < 4.78 is 1.41. The number of amides is 2. The Balaban J connectivity index is 1.63. The molecule has 1 aromatic heterocycles. The zero-order chi connectivity index (χ0) is 17.1. The van der Waals surface area contributed by atoms with E-state index in [4.69, 9.17) is 0 Å². The highest BCUT2D eigenvalue weighted by molar-refractivity contribution is 5.95. The van der Waals surface area contributed by atoms with Crippen molar-refractivity contribution in [3.05, 3.63) is 58.5 Å². The third kappa shape index (κ3) is 3.53. The van der Waals surface area contributed by atoms with Crippen molar-refractivity contribution in [2.45, 2.75) is 19.3 Å². The Morgan fingerprint density at radius 3 is 2.50 bits per heavy atom. The van der Waals surface area contributed by atoms with Gasteiger partial charge in [-0.25, -0.2) is 0 Å². The maximum absolute atomic E-state index is 12.1. The van der Waals surface area contributed by atoms with E-state index in [-0.39, 0.29) is 23.8 Å². The van der Waals surface area contributed by atoms with Gasteiger partial charge in [0.25, 0.3) is 0 Å². The number of carbonyl (C=O) groups excluding carboxylic acids is 2. The first-order valence-corrected chi connectivity index (χ1v) is 7.89. The van der Waals surface area contributed by atoms with Gasteiger partial charge >= 0.3 is 0 Å². The number of aromatic nitrogens is 1. The average molecular weight is 325 g/mol. The van der Waals surface area contributed by atoms with Crippen LogP contribution in [0, 0.1) is 0 Å². The molecule has 0 aliphatic carbocycles. The molecule has 0 radical (unpaired) electrons. The summed E-state index contributed by atoms with van der Waals surface area (Å²) in [6.07, 6.45) is 3.31. The fraction of sp³-hybridized carbons (Fsp3) is 0.278. The van der Waals surface area contributed by atoms with Gasteiger partial charge in [0.1, 0.15) is 0 Å². The fourth-order valence-electron chi connectivity index (χ4n) is 2.77. The third-order valence-corrected chi connectivity index (χ3v) is 4.06. The lowest BCUT2D eigenvalue weighted by molar-refractivity contribution is -0.117. The first kappa shape index (κ1) is 16.0. The molecular weight excluding hydrogens is 306 g/mol. The first-order chi connectivity index (χ1) is 11.5. The van der Waals surface area contributed by atoms with Crippen LogP contribution in [-0.4, -0.2) is 22.9 Å². The van der Waals surface area contributed by atoms with Crippen molar-refractivity contribution in [2.24, 2.45) is 7.05 Å². The van der Waals surface area contributed by atoms with Gasteiger partial charge in [0.05, 0.1) is 12.1 Å². The lowest BCUT2D eigenvalue weighted by Gasteiger charge is -2.15. The van der Waals surface area contributed by atoms with Crippen LogP contribution in [0.3, 0.4) is 0 Å². The molecule has 3 rings (SSSR count). The van der Waals surface area contributed by atoms with Gasteiger partial charge in [-0.3, -0.25) is 14.4 Å². The van der Waals surface area contributed by atoms with E-state index in [0.717, 1.165) is 24.2 Å². The molecule has 1 aliphatic rings. The second-order valence-corrected chi connectivity index (χ2v) is 5.91. The van der Waals surface area contributed by atoms with E-state index >= 15 is 0 Å². The summed E-state index contributed by atoms with van der Waals surface area (Å²) in [4.78, 5) is 36.9. The molecule has 0 bridgehead atoms. The normalized spacial score (nSPS) is 14.0. The number of nitrogens with one attached hydrogen (secondary N) is 1. The molecule has 0 atom stereocenters. The number of pyridine rings is 1. The van der Waals surface area contributed by atoms with Crippen molar-refractivity contribution in [1.29, 1.82) is 0 Å². The standard InChI is InChI=1S/C18H19N3O3/c1-20-12-14(6-9-17(20)23)19-16(22)11-13-4-7-15(8-5-13)21-10-2-3-18(21)24/h4-9,12H,2-3,10-11H2,1H3,(H,19,22). The van der Waals surface area contributed by atoms with E-state index in [1.165, 1.54) is 10.6 Å². The van der Waals surface area contributed by atoms with E-state index in [9.17, 15) is 14.4 Å². The Bertz CT molecular complexity index is 824. The molecule has 1 saturated heterocycles. The van der Waals surface area contributed by atoms with E-state index in [2.05, 4.69) is 5.32 Å². The van der Waals surface area contributed by atoms with Crippen molar-refractivity contribution in [1.82, 2.24) is 4.57 Å². The first-order valence-electron chi connectivity index (χ1n) is 7.89. The Labute approximate surface area is 139 Å². The molecule has 0 saturated carbocycles. The lowest BCUT2D eigenvalue weighted by Crippen LogP contribution is -2.23. The van der Waals surface area contributed by atoms with E-state index in [1.54, 1.807) is 24.2 Å². The number of hydrogen-bond acceptors (Lipinski definition) is 3. The van der Waals surface area contributed by atoms with Crippen LogP contribution in [0.1, 0.15) is 18.4 Å². The smallest absolute Gasteiger partial charge is 0.250 e. The summed E-state index contributed by atoms with van der Waals surface area (Å²) >= 11 is 0. The summed E-state index contributed by atoms with van der Waals surface area (Å²) in [5.41, 5.74) is 2.20. The highest BCUT2D eigenvalue weighted by Crippen LogP contribution is 2.21. The van der Waals surface area contributed by atoms with Crippen molar-refractivity contribution < 1.29 is 9.59 Å². The van der Waals surface area contributed by atoms with Crippen LogP contribution in [0.25, 0.3) is 0 Å². The number of rotatable bonds is 4. The minimum atomic E-state index is -0.154. The van der Waals surface area contributed by atoms with Crippen molar-refractivity contribution in [3.63, 3.8) is 0 Å². The van der Waals surface area contributed by atoms with Crippen molar-refractivity contribution in [2.75, 3.05) is 16.8 Å². The van der Waals surface area contributed by atoms with Gasteiger partial charge in [0, 0.05) is 38.0 Å². The largest absolute Gasteiger partial charge is 0.324 e. The molecule has 1 aliphatic heterocycles. The van der Waals surface area contributed by atoms with Gasteiger partial charge in [-0.15, -0.1) is 0 Å². The number of hydrogen-bond donors (Lipinski definition) is 1. The monoisotopic (exact) mass is 325 g/mol. The number of aryl methyl sites for hydroxylation is 1. The van der Waals surface area contributed by atoms with Gasteiger partial charge in [0.2, 0.25) is 17.4 Å². The van der Waals surface area contributed by atoms with Gasteiger partial charge in [-0.05, 0) is 30.2 Å². The van der Waals surface area contributed by atoms with Gasteiger partial charge < -0.3 is 14.8 Å². The molecule has 2 aromatic rings. The number of anilines is 2. The molecule has 1 fully saturated rings. The second kappa shape index (κ2) is 6.70. The van der Waals surface area contributed by atoms with Crippen LogP contribution in [0.4, 0.5) is 11.4 Å². The van der Waals surface area contributed by atoms with E-state index in [1.807, 2.05) is 24.3 Å². The summed E-state index contributed by atoms with van der Waals surface area (Å²) in [6.45, 7) is 0.755. The molecule has 6 heteroatoms. The quantitative estimate of drug-likeness (QED) is 0.930. The maximum Gasteiger partial charge on any atom is 0.250 e. The molecule has 0 unspecified atom stereocenters. The fourth-order valence-corrected chi connectivity index (χ4v) is 2.77.